The van der Waals surface area contributed by atoms with E-state index in [1.54, 1.807) is 19.1 Å². The number of methoxy groups -OCH3 is 2. The fourth-order valence-corrected chi connectivity index (χ4v) is 3.96. The predicted octanol–water partition coefficient (Wildman–Crippen LogP) is 1.66. The summed E-state index contributed by atoms with van der Waals surface area (Å²) in [5.41, 5.74) is 0.427. The molecule has 1 heterocycles. The molecular formula is C19H27N3O4. The highest BCUT2D eigenvalue weighted by Crippen LogP contribution is 2.43. The average Bonchev–Trinajstić information content (AvgIpc) is 3.31. The van der Waals surface area contributed by atoms with E-state index in [1.807, 2.05) is 18.2 Å². The lowest BCUT2D eigenvalue weighted by Gasteiger charge is -2.29. The van der Waals surface area contributed by atoms with Gasteiger partial charge in [-0.25, -0.2) is 4.79 Å². The summed E-state index contributed by atoms with van der Waals surface area (Å²) in [5.74, 6) is 1.32. The molecule has 7 heteroatoms. The molecule has 7 nitrogen and oxygen atoms in total. The van der Waals surface area contributed by atoms with Crippen LogP contribution in [0.4, 0.5) is 4.79 Å². The summed E-state index contributed by atoms with van der Waals surface area (Å²) in [6.45, 7) is 2.35. The van der Waals surface area contributed by atoms with Gasteiger partial charge in [-0.1, -0.05) is 18.9 Å². The van der Waals surface area contributed by atoms with E-state index in [0.29, 0.717) is 37.7 Å². The minimum atomic E-state index is -0.535. The molecule has 1 saturated heterocycles. The van der Waals surface area contributed by atoms with Crippen LogP contribution in [0.1, 0.15) is 31.2 Å². The number of ether oxygens (including phenoxy) is 2. The number of amides is 3. The molecule has 1 aromatic carbocycles. The minimum Gasteiger partial charge on any atom is -0.493 e. The Balaban J connectivity index is 1.72. The zero-order valence-corrected chi connectivity index (χ0v) is 15.5. The molecule has 0 radical (unpaired) electrons. The smallest absolute Gasteiger partial charge is 0.317 e. The molecule has 26 heavy (non-hydrogen) atoms. The third-order valence-corrected chi connectivity index (χ3v) is 5.44. The fourth-order valence-electron chi connectivity index (χ4n) is 3.96. The van der Waals surface area contributed by atoms with E-state index < -0.39 is 5.41 Å². The fraction of sp³-hybridized carbons (Fsp3) is 0.579. The second kappa shape index (κ2) is 7.85. The van der Waals surface area contributed by atoms with Crippen LogP contribution in [0.25, 0.3) is 0 Å². The van der Waals surface area contributed by atoms with Crippen molar-refractivity contribution in [2.24, 2.45) is 0 Å². The highest BCUT2D eigenvalue weighted by Gasteiger charge is 2.43. The van der Waals surface area contributed by atoms with Crippen LogP contribution in [-0.2, 0) is 10.2 Å². The molecule has 3 rings (SSSR count). The van der Waals surface area contributed by atoms with Crippen LogP contribution in [-0.4, -0.2) is 57.2 Å². The highest BCUT2D eigenvalue weighted by atomic mass is 16.5. The Bertz CT molecular complexity index is 671. The average molecular weight is 361 g/mol. The maximum Gasteiger partial charge on any atom is 0.317 e. The topological polar surface area (TPSA) is 79.9 Å². The Kier molecular flexibility index (Phi) is 5.54. The van der Waals surface area contributed by atoms with E-state index in [1.165, 1.54) is 0 Å². The first-order chi connectivity index (χ1) is 12.6. The number of hydrogen-bond acceptors (Lipinski definition) is 4. The molecule has 0 atom stereocenters. The monoisotopic (exact) mass is 361 g/mol. The third-order valence-electron chi connectivity index (χ3n) is 5.44. The van der Waals surface area contributed by atoms with Gasteiger partial charge in [0.1, 0.15) is 0 Å². The first kappa shape index (κ1) is 18.4. The first-order valence-electron chi connectivity index (χ1n) is 9.14. The van der Waals surface area contributed by atoms with E-state index in [0.717, 1.165) is 31.2 Å². The molecule has 2 aliphatic rings. The van der Waals surface area contributed by atoms with Crippen LogP contribution in [0.2, 0.25) is 0 Å². The lowest BCUT2D eigenvalue weighted by Crippen LogP contribution is -2.45. The van der Waals surface area contributed by atoms with Crippen LogP contribution in [0.5, 0.6) is 11.5 Å². The molecule has 1 aliphatic heterocycles. The highest BCUT2D eigenvalue weighted by molar-refractivity contribution is 5.89. The predicted molar refractivity (Wildman–Crippen MR) is 97.7 cm³/mol. The van der Waals surface area contributed by atoms with Crippen molar-refractivity contribution >= 4 is 11.9 Å². The SMILES string of the molecule is COc1ccc(C2(C(=O)NCCN3CCNC3=O)CCCC2)cc1OC. The van der Waals surface area contributed by atoms with Crippen LogP contribution in [0.3, 0.4) is 0 Å². The molecule has 0 aromatic heterocycles. The van der Waals surface area contributed by atoms with E-state index >= 15 is 0 Å². The number of nitrogens with one attached hydrogen (secondary N) is 2. The van der Waals surface area contributed by atoms with Gasteiger partial charge < -0.3 is 25.0 Å². The quantitative estimate of drug-likeness (QED) is 0.774. The van der Waals surface area contributed by atoms with Crippen LogP contribution < -0.4 is 20.1 Å². The van der Waals surface area contributed by atoms with E-state index in [-0.39, 0.29) is 11.9 Å². The van der Waals surface area contributed by atoms with Gasteiger partial charge >= 0.3 is 6.03 Å². The van der Waals surface area contributed by atoms with Crippen molar-refractivity contribution in [3.63, 3.8) is 0 Å². The van der Waals surface area contributed by atoms with E-state index in [2.05, 4.69) is 10.6 Å². The van der Waals surface area contributed by atoms with Gasteiger partial charge in [-0.3, -0.25) is 4.79 Å². The van der Waals surface area contributed by atoms with Crippen molar-refractivity contribution in [3.8, 4) is 11.5 Å². The van der Waals surface area contributed by atoms with Gasteiger partial charge in [0.2, 0.25) is 5.91 Å². The lowest BCUT2D eigenvalue weighted by atomic mass is 9.77. The summed E-state index contributed by atoms with van der Waals surface area (Å²) in [4.78, 5) is 26.4. The number of carbonyl (C=O) groups excluding carboxylic acids is 2. The van der Waals surface area contributed by atoms with E-state index in [9.17, 15) is 9.59 Å². The molecule has 3 amide bonds. The van der Waals surface area contributed by atoms with Crippen molar-refractivity contribution in [2.75, 3.05) is 40.4 Å². The lowest BCUT2D eigenvalue weighted by molar-refractivity contribution is -0.126. The Morgan fingerprint density at radius 1 is 1.23 bits per heavy atom. The number of nitrogens with zero attached hydrogens (tertiary/aromatic N) is 1. The van der Waals surface area contributed by atoms with Gasteiger partial charge in [0.15, 0.2) is 11.5 Å². The van der Waals surface area contributed by atoms with Crippen molar-refractivity contribution in [1.29, 1.82) is 0 Å². The number of benzene rings is 1. The van der Waals surface area contributed by atoms with E-state index in [4.69, 9.17) is 9.47 Å². The van der Waals surface area contributed by atoms with Gasteiger partial charge in [-0.05, 0) is 30.5 Å². The standard InChI is InChI=1S/C19H27N3O4/c1-25-15-6-5-14(13-16(15)26-2)19(7-3-4-8-19)17(23)20-9-11-22-12-10-21-18(22)24/h5-6,13H,3-4,7-12H2,1-2H3,(H,20,23)(H,21,24). The number of carbonyl (C=O) groups is 2. The van der Waals surface area contributed by atoms with Gasteiger partial charge in [-0.15, -0.1) is 0 Å². The molecule has 1 aliphatic carbocycles. The van der Waals surface area contributed by atoms with Crippen molar-refractivity contribution in [2.45, 2.75) is 31.1 Å². The van der Waals surface area contributed by atoms with Crippen LogP contribution >= 0.6 is 0 Å². The molecular weight excluding hydrogens is 334 g/mol. The number of urea groups is 1. The molecule has 2 N–H and O–H groups in total. The van der Waals surface area contributed by atoms with Gasteiger partial charge in [0, 0.05) is 26.2 Å². The van der Waals surface area contributed by atoms with Crippen molar-refractivity contribution in [3.05, 3.63) is 23.8 Å². The third kappa shape index (κ3) is 3.43. The summed E-state index contributed by atoms with van der Waals surface area (Å²) in [5, 5.41) is 5.81. The van der Waals surface area contributed by atoms with Gasteiger partial charge in [0.05, 0.1) is 19.6 Å². The molecule has 1 saturated carbocycles. The first-order valence-corrected chi connectivity index (χ1v) is 9.14. The molecule has 1 aromatic rings. The van der Waals surface area contributed by atoms with Gasteiger partial charge in [0.25, 0.3) is 0 Å². The Morgan fingerprint density at radius 3 is 2.58 bits per heavy atom. The van der Waals surface area contributed by atoms with Gasteiger partial charge in [-0.2, -0.15) is 0 Å². The van der Waals surface area contributed by atoms with Crippen molar-refractivity contribution < 1.29 is 19.1 Å². The van der Waals surface area contributed by atoms with Crippen LogP contribution in [0, 0.1) is 0 Å². The maximum absolute atomic E-state index is 13.1. The largest absolute Gasteiger partial charge is 0.493 e. The Hall–Kier alpha value is -2.44. The molecule has 142 valence electrons. The molecule has 2 fully saturated rings. The zero-order valence-electron chi connectivity index (χ0n) is 15.5. The Morgan fingerprint density at radius 2 is 1.96 bits per heavy atom. The molecule has 0 unspecified atom stereocenters. The number of rotatable bonds is 7. The normalized spacial score (nSPS) is 18.5. The Labute approximate surface area is 154 Å². The molecule has 0 bridgehead atoms. The molecule has 0 spiro atoms. The minimum absolute atomic E-state index is 0.0295. The summed E-state index contributed by atoms with van der Waals surface area (Å²) in [7, 11) is 3.20. The maximum atomic E-state index is 13.1. The summed E-state index contributed by atoms with van der Waals surface area (Å²) >= 11 is 0. The van der Waals surface area contributed by atoms with Crippen molar-refractivity contribution in [1.82, 2.24) is 15.5 Å². The summed E-state index contributed by atoms with van der Waals surface area (Å²) in [6.07, 6.45) is 3.68. The second-order valence-corrected chi connectivity index (χ2v) is 6.83. The number of hydrogen-bond donors (Lipinski definition) is 2. The summed E-state index contributed by atoms with van der Waals surface area (Å²) in [6, 6.07) is 5.67. The van der Waals surface area contributed by atoms with Crippen LogP contribution in [0.15, 0.2) is 18.2 Å². The second-order valence-electron chi connectivity index (χ2n) is 6.83. The summed E-state index contributed by atoms with van der Waals surface area (Å²) < 4.78 is 10.7. The zero-order chi connectivity index (χ0) is 18.6.